The molecule has 0 aliphatic carbocycles. The number of amides is 1. The van der Waals surface area contributed by atoms with Crippen molar-refractivity contribution in [1.29, 1.82) is 0 Å². The maximum atomic E-state index is 12.6. The van der Waals surface area contributed by atoms with Gasteiger partial charge in [0.25, 0.3) is 5.91 Å². The topological polar surface area (TPSA) is 42.0 Å². The first-order chi connectivity index (χ1) is 12.1. The van der Waals surface area contributed by atoms with Crippen molar-refractivity contribution >= 4 is 29.0 Å². The molecule has 25 heavy (non-hydrogen) atoms. The van der Waals surface area contributed by atoms with Crippen LogP contribution >= 0.6 is 23.1 Å². The minimum atomic E-state index is -0.0404. The van der Waals surface area contributed by atoms with Crippen LogP contribution in [-0.4, -0.2) is 10.9 Å². The molecule has 0 radical (unpaired) electrons. The summed E-state index contributed by atoms with van der Waals surface area (Å²) in [5.41, 5.74) is 7.17. The minimum Gasteiger partial charge on any atom is -0.348 e. The lowest BCUT2D eigenvalue weighted by Gasteiger charge is -2.11. The van der Waals surface area contributed by atoms with E-state index in [1.54, 1.807) is 23.1 Å². The highest BCUT2D eigenvalue weighted by atomic mass is 32.2. The zero-order valence-corrected chi connectivity index (χ0v) is 15.9. The Bertz CT molecular complexity index is 860. The number of benzene rings is 2. The highest BCUT2D eigenvalue weighted by molar-refractivity contribution is 7.98. The smallest absolute Gasteiger partial charge is 0.252 e. The van der Waals surface area contributed by atoms with Crippen molar-refractivity contribution in [2.24, 2.45) is 0 Å². The van der Waals surface area contributed by atoms with E-state index in [1.165, 1.54) is 11.1 Å². The second-order valence-electron chi connectivity index (χ2n) is 5.88. The molecule has 0 spiro atoms. The Kier molecular flexibility index (Phi) is 5.89. The van der Waals surface area contributed by atoms with E-state index >= 15 is 0 Å². The number of carbonyl (C=O) groups excluding carboxylic acids is 1. The standard InChI is InChI=1S/C20H20N2OS2/c1-14-7-8-16(15(2)9-14)10-21-20(23)18-5-3-4-6-19(18)25-12-17-11-24-13-22-17/h3-9,11,13H,10,12H2,1-2H3,(H,21,23). The molecule has 0 aliphatic heterocycles. The summed E-state index contributed by atoms with van der Waals surface area (Å²) < 4.78 is 0. The molecule has 3 aromatic rings. The van der Waals surface area contributed by atoms with E-state index in [1.807, 2.05) is 35.2 Å². The van der Waals surface area contributed by atoms with Crippen molar-refractivity contribution in [2.45, 2.75) is 31.0 Å². The molecule has 3 nitrogen and oxygen atoms in total. The molecule has 128 valence electrons. The molecule has 2 aromatic carbocycles. The summed E-state index contributed by atoms with van der Waals surface area (Å²) in [6.45, 7) is 4.69. The van der Waals surface area contributed by atoms with Gasteiger partial charge >= 0.3 is 0 Å². The molecule has 0 fully saturated rings. The summed E-state index contributed by atoms with van der Waals surface area (Å²) in [5.74, 6) is 0.728. The predicted molar refractivity (Wildman–Crippen MR) is 105 cm³/mol. The predicted octanol–water partition coefficient (Wildman–Crippen LogP) is 4.98. The Morgan fingerprint density at radius 3 is 2.80 bits per heavy atom. The summed E-state index contributed by atoms with van der Waals surface area (Å²) in [5, 5.41) is 5.08. The normalized spacial score (nSPS) is 10.6. The number of rotatable bonds is 6. The van der Waals surface area contributed by atoms with Gasteiger partial charge < -0.3 is 5.32 Å². The van der Waals surface area contributed by atoms with Gasteiger partial charge in [-0.25, -0.2) is 4.98 Å². The molecule has 0 saturated carbocycles. The fourth-order valence-corrected chi connectivity index (χ4v) is 4.17. The van der Waals surface area contributed by atoms with E-state index in [9.17, 15) is 4.79 Å². The van der Waals surface area contributed by atoms with E-state index in [2.05, 4.69) is 42.3 Å². The highest BCUT2D eigenvalue weighted by Gasteiger charge is 2.12. The summed E-state index contributed by atoms with van der Waals surface area (Å²) >= 11 is 3.23. The molecule has 3 rings (SSSR count). The molecular weight excluding hydrogens is 348 g/mol. The monoisotopic (exact) mass is 368 g/mol. The number of hydrogen-bond donors (Lipinski definition) is 1. The molecule has 1 heterocycles. The average Bonchev–Trinajstić information content (AvgIpc) is 3.13. The van der Waals surface area contributed by atoms with E-state index in [4.69, 9.17) is 0 Å². The number of thiazole rings is 1. The molecule has 5 heteroatoms. The lowest BCUT2D eigenvalue weighted by molar-refractivity contribution is 0.0948. The molecule has 0 aliphatic rings. The maximum absolute atomic E-state index is 12.6. The van der Waals surface area contributed by atoms with Crippen molar-refractivity contribution in [3.05, 3.63) is 81.3 Å². The Hall–Kier alpha value is -2.11. The van der Waals surface area contributed by atoms with Gasteiger partial charge in [-0.2, -0.15) is 0 Å². The van der Waals surface area contributed by atoms with Gasteiger partial charge in [-0.05, 0) is 37.1 Å². The van der Waals surface area contributed by atoms with Gasteiger partial charge in [0.05, 0.1) is 16.8 Å². The third-order valence-electron chi connectivity index (χ3n) is 3.93. The zero-order chi connectivity index (χ0) is 17.6. The molecule has 1 N–H and O–H groups in total. The van der Waals surface area contributed by atoms with Crippen molar-refractivity contribution < 1.29 is 4.79 Å². The van der Waals surface area contributed by atoms with Gasteiger partial charge in [-0.15, -0.1) is 23.1 Å². The Morgan fingerprint density at radius 2 is 2.04 bits per heavy atom. The van der Waals surface area contributed by atoms with Crippen LogP contribution in [0.25, 0.3) is 0 Å². The van der Waals surface area contributed by atoms with Crippen molar-refractivity contribution in [2.75, 3.05) is 0 Å². The fourth-order valence-electron chi connectivity index (χ4n) is 2.56. The third-order valence-corrected chi connectivity index (χ3v) is 5.67. The zero-order valence-electron chi connectivity index (χ0n) is 14.3. The number of aromatic nitrogens is 1. The summed E-state index contributed by atoms with van der Waals surface area (Å²) in [7, 11) is 0. The van der Waals surface area contributed by atoms with Crippen LogP contribution in [0.5, 0.6) is 0 Å². The van der Waals surface area contributed by atoms with Gasteiger partial charge in [-0.3, -0.25) is 4.79 Å². The molecule has 0 saturated heterocycles. The van der Waals surface area contributed by atoms with Gasteiger partial charge in [0, 0.05) is 22.6 Å². The summed E-state index contributed by atoms with van der Waals surface area (Å²) in [6.07, 6.45) is 0. The van der Waals surface area contributed by atoms with Crippen LogP contribution in [0.3, 0.4) is 0 Å². The van der Waals surface area contributed by atoms with Crippen molar-refractivity contribution in [1.82, 2.24) is 10.3 Å². The maximum Gasteiger partial charge on any atom is 0.252 e. The lowest BCUT2D eigenvalue weighted by Crippen LogP contribution is -2.23. The van der Waals surface area contributed by atoms with Crippen LogP contribution in [-0.2, 0) is 12.3 Å². The van der Waals surface area contributed by atoms with E-state index < -0.39 is 0 Å². The minimum absolute atomic E-state index is 0.0404. The SMILES string of the molecule is Cc1ccc(CNC(=O)c2ccccc2SCc2cscn2)c(C)c1. The van der Waals surface area contributed by atoms with Gasteiger partial charge in [0.15, 0.2) is 0 Å². The van der Waals surface area contributed by atoms with Gasteiger partial charge in [0.2, 0.25) is 0 Å². The van der Waals surface area contributed by atoms with Gasteiger partial charge in [-0.1, -0.05) is 35.9 Å². The number of nitrogens with one attached hydrogen (secondary N) is 1. The van der Waals surface area contributed by atoms with Crippen molar-refractivity contribution in [3.63, 3.8) is 0 Å². The first-order valence-corrected chi connectivity index (χ1v) is 9.99. The summed E-state index contributed by atoms with van der Waals surface area (Å²) in [6, 6.07) is 14.0. The van der Waals surface area contributed by atoms with Gasteiger partial charge in [0.1, 0.15) is 0 Å². The highest BCUT2D eigenvalue weighted by Crippen LogP contribution is 2.26. The molecule has 0 unspecified atom stereocenters. The van der Waals surface area contributed by atoms with Crippen LogP contribution in [0, 0.1) is 13.8 Å². The lowest BCUT2D eigenvalue weighted by atomic mass is 10.1. The van der Waals surface area contributed by atoms with Crippen molar-refractivity contribution in [3.8, 4) is 0 Å². The largest absolute Gasteiger partial charge is 0.348 e. The average molecular weight is 369 g/mol. The summed E-state index contributed by atoms with van der Waals surface area (Å²) in [4.78, 5) is 17.9. The first kappa shape index (κ1) is 17.7. The number of aryl methyl sites for hydroxylation is 2. The molecular formula is C20H20N2OS2. The second kappa shape index (κ2) is 8.32. The van der Waals surface area contributed by atoms with Crippen LogP contribution in [0.1, 0.15) is 32.7 Å². The quantitative estimate of drug-likeness (QED) is 0.624. The van der Waals surface area contributed by atoms with E-state index in [0.717, 1.165) is 21.9 Å². The molecule has 0 bridgehead atoms. The number of thioether (sulfide) groups is 1. The Balaban J connectivity index is 1.67. The van der Waals surface area contributed by atoms with E-state index in [-0.39, 0.29) is 5.91 Å². The number of hydrogen-bond acceptors (Lipinski definition) is 4. The van der Waals surface area contributed by atoms with Crippen LogP contribution < -0.4 is 5.32 Å². The number of nitrogens with zero attached hydrogens (tertiary/aromatic N) is 1. The third kappa shape index (κ3) is 4.71. The molecule has 1 amide bonds. The van der Waals surface area contributed by atoms with E-state index in [0.29, 0.717) is 12.1 Å². The Labute approximate surface area is 156 Å². The number of carbonyl (C=O) groups is 1. The van der Waals surface area contributed by atoms with Crippen LogP contribution in [0.15, 0.2) is 58.3 Å². The first-order valence-electron chi connectivity index (χ1n) is 8.06. The molecule has 1 aromatic heterocycles. The second-order valence-corrected chi connectivity index (χ2v) is 7.61. The molecule has 0 atom stereocenters. The van der Waals surface area contributed by atoms with Crippen LogP contribution in [0.4, 0.5) is 0 Å². The Morgan fingerprint density at radius 1 is 1.20 bits per heavy atom. The fraction of sp³-hybridized carbons (Fsp3) is 0.200. The van der Waals surface area contributed by atoms with Crippen LogP contribution in [0.2, 0.25) is 0 Å².